The third-order valence-corrected chi connectivity index (χ3v) is 14.0. The van der Waals surface area contributed by atoms with Crippen LogP contribution in [0.25, 0.3) is 126 Å². The van der Waals surface area contributed by atoms with Crippen LogP contribution in [0, 0.1) is 0 Å². The minimum absolute atomic E-state index is 0.549. The fourth-order valence-corrected chi connectivity index (χ4v) is 10.9. The van der Waals surface area contributed by atoms with Crippen LogP contribution in [0.4, 0.5) is 0 Å². The largest absolute Gasteiger partial charge is 0.309 e. The van der Waals surface area contributed by atoms with Gasteiger partial charge in [-0.25, -0.2) is 15.0 Å². The van der Waals surface area contributed by atoms with Crippen LogP contribution >= 0.6 is 11.3 Å². The van der Waals surface area contributed by atoms with E-state index in [0.717, 1.165) is 72.4 Å². The maximum absolute atomic E-state index is 5.54. The van der Waals surface area contributed by atoms with Crippen molar-refractivity contribution in [3.05, 3.63) is 237 Å². The SMILES string of the molecule is c1ccc(-c2ccc(-c3ccccc3)c(-c3cnc(-c4cccc5sc6cc7c(cc6c45)c4ccccc4n7-c4ccccc4)c(-c4nc(-c5ccccc5)nc(-c5ccccc5)n4)c3)c2)cc1. The van der Waals surface area contributed by atoms with E-state index < -0.39 is 0 Å². The molecule has 0 unspecified atom stereocenters. The molecule has 0 radical (unpaired) electrons. The van der Waals surface area contributed by atoms with Crippen LogP contribution in [0.15, 0.2) is 237 Å². The first-order chi connectivity index (χ1) is 33.7. The van der Waals surface area contributed by atoms with Gasteiger partial charge >= 0.3 is 0 Å². The van der Waals surface area contributed by atoms with E-state index in [2.05, 4.69) is 199 Å². The van der Waals surface area contributed by atoms with Gasteiger partial charge in [-0.1, -0.05) is 182 Å². The van der Waals surface area contributed by atoms with Crippen LogP contribution in [-0.2, 0) is 0 Å². The summed E-state index contributed by atoms with van der Waals surface area (Å²) in [5.41, 5.74) is 14.5. The Hall–Kier alpha value is -8.84. The van der Waals surface area contributed by atoms with Crippen molar-refractivity contribution in [2.45, 2.75) is 0 Å². The van der Waals surface area contributed by atoms with Crippen molar-refractivity contribution >= 4 is 53.3 Å². The van der Waals surface area contributed by atoms with E-state index in [1.807, 2.05) is 53.9 Å². The number of para-hydroxylation sites is 2. The fraction of sp³-hybridized carbons (Fsp3) is 0. The van der Waals surface area contributed by atoms with E-state index in [1.165, 1.54) is 36.6 Å². The molecule has 13 aromatic rings. The molecule has 4 heterocycles. The summed E-state index contributed by atoms with van der Waals surface area (Å²) in [4.78, 5) is 21.3. The highest BCUT2D eigenvalue weighted by molar-refractivity contribution is 7.26. The van der Waals surface area contributed by atoms with Gasteiger partial charge in [-0.15, -0.1) is 11.3 Å². The number of nitrogens with zero attached hydrogens (tertiary/aromatic N) is 5. The summed E-state index contributed by atoms with van der Waals surface area (Å²) in [6.07, 6.45) is 2.03. The molecular weight excluding hydrogens is 847 g/mol. The summed E-state index contributed by atoms with van der Waals surface area (Å²) in [5.74, 6) is 1.74. The molecule has 6 heteroatoms. The van der Waals surface area contributed by atoms with Crippen molar-refractivity contribution in [2.24, 2.45) is 0 Å². The van der Waals surface area contributed by atoms with Crippen molar-refractivity contribution in [3.8, 4) is 84.5 Å². The Kier molecular flexibility index (Phi) is 9.62. The highest BCUT2D eigenvalue weighted by atomic mass is 32.1. The van der Waals surface area contributed by atoms with Crippen LogP contribution in [0.1, 0.15) is 0 Å². The van der Waals surface area contributed by atoms with E-state index in [4.69, 9.17) is 19.9 Å². The molecule has 0 aliphatic rings. The standard InChI is InChI=1S/C62H39N5S/c1-6-19-40(20-7-1)44-33-34-47(41-21-8-2-9-22-41)50(35-44)45-36-53(62-65-60(42-23-10-3-11-24-42)64-61(66-62)43-25-12-4-13-26-43)59(63-39-45)49-30-18-32-56-58(49)52-37-51-48-29-16-17-31-54(48)67(46-27-14-5-15-28-46)55(51)38-57(52)68-56/h1-39H. The summed E-state index contributed by atoms with van der Waals surface area (Å²) in [5, 5.41) is 4.77. The number of hydrogen-bond donors (Lipinski definition) is 0. The summed E-state index contributed by atoms with van der Waals surface area (Å²) in [7, 11) is 0. The van der Waals surface area contributed by atoms with Crippen LogP contribution in [0.3, 0.4) is 0 Å². The van der Waals surface area contributed by atoms with E-state index in [-0.39, 0.29) is 0 Å². The molecule has 318 valence electrons. The predicted molar refractivity (Wildman–Crippen MR) is 283 cm³/mol. The van der Waals surface area contributed by atoms with Gasteiger partial charge in [0.2, 0.25) is 0 Å². The number of rotatable bonds is 8. The predicted octanol–water partition coefficient (Wildman–Crippen LogP) is 16.4. The molecule has 9 aromatic carbocycles. The zero-order valence-electron chi connectivity index (χ0n) is 36.7. The number of benzene rings is 9. The molecule has 0 bridgehead atoms. The first-order valence-corrected chi connectivity index (χ1v) is 23.6. The summed E-state index contributed by atoms with van der Waals surface area (Å²) in [6.45, 7) is 0. The molecule has 0 atom stereocenters. The van der Waals surface area contributed by atoms with Gasteiger partial charge in [-0.05, 0) is 76.3 Å². The lowest BCUT2D eigenvalue weighted by molar-refractivity contribution is 1.07. The molecule has 0 saturated heterocycles. The molecule has 5 nitrogen and oxygen atoms in total. The molecule has 4 aromatic heterocycles. The van der Waals surface area contributed by atoms with E-state index in [1.54, 1.807) is 0 Å². The maximum atomic E-state index is 5.54. The Bertz CT molecular complexity index is 3940. The zero-order valence-corrected chi connectivity index (χ0v) is 37.5. The summed E-state index contributed by atoms with van der Waals surface area (Å²) < 4.78 is 4.78. The molecule has 0 aliphatic heterocycles. The second-order valence-electron chi connectivity index (χ2n) is 17.0. The van der Waals surface area contributed by atoms with Crippen LogP contribution < -0.4 is 0 Å². The van der Waals surface area contributed by atoms with Crippen molar-refractivity contribution in [2.75, 3.05) is 0 Å². The third-order valence-electron chi connectivity index (χ3n) is 12.9. The van der Waals surface area contributed by atoms with Crippen molar-refractivity contribution in [1.29, 1.82) is 0 Å². The Morgan fingerprint density at radius 1 is 0.324 bits per heavy atom. The molecule has 0 spiro atoms. The molecule has 0 aliphatic carbocycles. The number of hydrogen-bond acceptors (Lipinski definition) is 5. The highest BCUT2D eigenvalue weighted by Crippen LogP contribution is 2.46. The van der Waals surface area contributed by atoms with Gasteiger partial charge in [0.15, 0.2) is 17.5 Å². The van der Waals surface area contributed by atoms with Gasteiger partial charge in [-0.3, -0.25) is 4.98 Å². The first-order valence-electron chi connectivity index (χ1n) is 22.8. The van der Waals surface area contributed by atoms with Crippen molar-refractivity contribution < 1.29 is 0 Å². The Balaban J connectivity index is 1.10. The van der Waals surface area contributed by atoms with Gasteiger partial charge in [0.25, 0.3) is 0 Å². The molecule has 0 N–H and O–H groups in total. The Morgan fingerprint density at radius 2 is 0.912 bits per heavy atom. The third kappa shape index (κ3) is 6.86. The topological polar surface area (TPSA) is 56.5 Å². The van der Waals surface area contributed by atoms with Gasteiger partial charge in [0, 0.05) is 70.6 Å². The van der Waals surface area contributed by atoms with E-state index in [9.17, 15) is 0 Å². The Morgan fingerprint density at radius 3 is 1.60 bits per heavy atom. The van der Waals surface area contributed by atoms with Gasteiger partial charge in [-0.2, -0.15) is 0 Å². The summed E-state index contributed by atoms with van der Waals surface area (Å²) in [6, 6.07) is 81.2. The summed E-state index contributed by atoms with van der Waals surface area (Å²) >= 11 is 1.82. The number of pyridine rings is 1. The lowest BCUT2D eigenvalue weighted by atomic mass is 9.90. The first kappa shape index (κ1) is 39.5. The van der Waals surface area contributed by atoms with Gasteiger partial charge < -0.3 is 4.57 Å². The Labute approximate surface area is 397 Å². The van der Waals surface area contributed by atoms with Gasteiger partial charge in [0.05, 0.1) is 16.7 Å². The molecule has 68 heavy (non-hydrogen) atoms. The van der Waals surface area contributed by atoms with Crippen molar-refractivity contribution in [3.63, 3.8) is 0 Å². The molecule has 0 fully saturated rings. The monoisotopic (exact) mass is 885 g/mol. The van der Waals surface area contributed by atoms with Crippen molar-refractivity contribution in [1.82, 2.24) is 24.5 Å². The number of aromatic nitrogens is 5. The fourth-order valence-electron chi connectivity index (χ4n) is 9.73. The zero-order chi connectivity index (χ0) is 45.0. The molecule has 0 amide bonds. The highest BCUT2D eigenvalue weighted by Gasteiger charge is 2.23. The quantitative estimate of drug-likeness (QED) is 0.153. The second kappa shape index (κ2) is 16.5. The van der Waals surface area contributed by atoms with Crippen LogP contribution in [0.2, 0.25) is 0 Å². The average Bonchev–Trinajstić information content (AvgIpc) is 3.95. The van der Waals surface area contributed by atoms with E-state index >= 15 is 0 Å². The van der Waals surface area contributed by atoms with Crippen LogP contribution in [-0.4, -0.2) is 24.5 Å². The average molecular weight is 886 g/mol. The van der Waals surface area contributed by atoms with Gasteiger partial charge in [0.1, 0.15) is 0 Å². The number of fused-ring (bicyclic) bond motifs is 6. The second-order valence-corrected chi connectivity index (χ2v) is 18.1. The molecule has 0 saturated carbocycles. The lowest BCUT2D eigenvalue weighted by Gasteiger charge is -2.17. The maximum Gasteiger partial charge on any atom is 0.166 e. The number of thiophene rings is 1. The van der Waals surface area contributed by atoms with E-state index in [0.29, 0.717) is 17.5 Å². The lowest BCUT2D eigenvalue weighted by Crippen LogP contribution is -2.02. The molecular formula is C62H39N5S. The minimum atomic E-state index is 0.549. The normalized spacial score (nSPS) is 11.5. The minimum Gasteiger partial charge on any atom is -0.309 e. The van der Waals surface area contributed by atoms with Crippen LogP contribution in [0.5, 0.6) is 0 Å². The molecule has 13 rings (SSSR count). The smallest absolute Gasteiger partial charge is 0.166 e.